The van der Waals surface area contributed by atoms with Crippen LogP contribution in [0.5, 0.6) is 34.5 Å². The smallest absolute Gasteiger partial charge is 0.224 e. The van der Waals surface area contributed by atoms with Gasteiger partial charge in [-0.1, -0.05) is 12.2 Å². The van der Waals surface area contributed by atoms with Crippen molar-refractivity contribution in [1.82, 2.24) is 0 Å². The zero-order valence-electron chi connectivity index (χ0n) is 17.1. The molecule has 0 aromatic heterocycles. The molecule has 2 N–H and O–H groups in total. The van der Waals surface area contributed by atoms with Crippen LogP contribution in [0.4, 0.5) is 0 Å². The van der Waals surface area contributed by atoms with Gasteiger partial charge in [-0.2, -0.15) is 0 Å². The molecule has 0 amide bonds. The van der Waals surface area contributed by atoms with E-state index in [0.29, 0.717) is 34.3 Å². The van der Waals surface area contributed by atoms with Crippen molar-refractivity contribution in [3.63, 3.8) is 0 Å². The summed E-state index contributed by atoms with van der Waals surface area (Å²) in [5.74, 6) is 2.10. The number of aliphatic hydroxyl groups is 2. The Morgan fingerprint density at radius 3 is 1.66 bits per heavy atom. The summed E-state index contributed by atoms with van der Waals surface area (Å²) in [7, 11) is 7.42. The monoisotopic (exact) mass is 406 g/mol. The molecule has 0 saturated carbocycles. The number of aliphatic hydroxyl groups excluding tert-OH is 2. The van der Waals surface area contributed by atoms with Crippen molar-refractivity contribution in [2.24, 2.45) is 0 Å². The van der Waals surface area contributed by atoms with E-state index in [2.05, 4.69) is 0 Å². The molecule has 2 aromatic carbocycles. The lowest BCUT2D eigenvalue weighted by atomic mass is 10.1. The van der Waals surface area contributed by atoms with Crippen molar-refractivity contribution < 1.29 is 38.6 Å². The highest BCUT2D eigenvalue weighted by Gasteiger charge is 2.22. The first-order valence-corrected chi connectivity index (χ1v) is 8.70. The van der Waals surface area contributed by atoms with Gasteiger partial charge in [0.25, 0.3) is 0 Å². The molecule has 0 radical (unpaired) electrons. The minimum atomic E-state index is -1.37. The molecule has 0 fully saturated rings. The van der Waals surface area contributed by atoms with E-state index in [9.17, 15) is 5.11 Å². The zero-order chi connectivity index (χ0) is 21.4. The molecule has 8 heteroatoms. The summed E-state index contributed by atoms with van der Waals surface area (Å²) >= 11 is 0. The van der Waals surface area contributed by atoms with Crippen LogP contribution in [0.15, 0.2) is 30.3 Å². The molecule has 0 aliphatic carbocycles. The average Bonchev–Trinajstić information content (AvgIpc) is 2.76. The van der Waals surface area contributed by atoms with Crippen molar-refractivity contribution in [3.05, 3.63) is 41.5 Å². The molecule has 1 atom stereocenters. The highest BCUT2D eigenvalue weighted by molar-refractivity contribution is 5.62. The minimum Gasteiger partial charge on any atom is -0.493 e. The topological polar surface area (TPSA) is 95.8 Å². The van der Waals surface area contributed by atoms with E-state index in [4.69, 9.17) is 33.5 Å². The van der Waals surface area contributed by atoms with E-state index in [-0.39, 0.29) is 12.4 Å². The first-order valence-electron chi connectivity index (χ1n) is 8.70. The van der Waals surface area contributed by atoms with Crippen molar-refractivity contribution in [3.8, 4) is 34.5 Å². The molecule has 0 saturated heterocycles. The lowest BCUT2D eigenvalue weighted by molar-refractivity contribution is -0.0230. The zero-order valence-corrected chi connectivity index (χ0v) is 17.1. The van der Waals surface area contributed by atoms with Gasteiger partial charge in [0.1, 0.15) is 0 Å². The number of rotatable bonds is 10. The van der Waals surface area contributed by atoms with Crippen LogP contribution < -0.4 is 28.4 Å². The minimum absolute atomic E-state index is 0.0945. The number of methoxy groups -OCH3 is 5. The fraction of sp³-hybridized carbons (Fsp3) is 0.333. The maximum atomic E-state index is 10.7. The summed E-state index contributed by atoms with van der Waals surface area (Å²) in [6, 6.07) is 6.57. The summed E-state index contributed by atoms with van der Waals surface area (Å²) in [5.41, 5.74) is 1.12. The predicted molar refractivity (Wildman–Crippen MR) is 107 cm³/mol. The van der Waals surface area contributed by atoms with Crippen LogP contribution in [0, 0.1) is 0 Å². The molecule has 2 rings (SSSR count). The fourth-order valence-corrected chi connectivity index (χ4v) is 2.72. The number of hydrogen-bond acceptors (Lipinski definition) is 8. The molecular formula is C21H26O8. The van der Waals surface area contributed by atoms with E-state index in [1.807, 2.05) is 0 Å². The Bertz CT molecular complexity index is 797. The molecule has 8 nitrogen and oxygen atoms in total. The number of benzene rings is 2. The van der Waals surface area contributed by atoms with Gasteiger partial charge in [-0.15, -0.1) is 0 Å². The molecule has 0 heterocycles. The van der Waals surface area contributed by atoms with Crippen molar-refractivity contribution >= 4 is 6.08 Å². The van der Waals surface area contributed by atoms with E-state index in [1.165, 1.54) is 35.5 Å². The molecule has 0 unspecified atom stereocenters. The summed E-state index contributed by atoms with van der Waals surface area (Å²) in [6.45, 7) is -0.0945. The van der Waals surface area contributed by atoms with Crippen LogP contribution in [0.3, 0.4) is 0 Å². The van der Waals surface area contributed by atoms with E-state index >= 15 is 0 Å². The van der Waals surface area contributed by atoms with E-state index in [1.54, 1.807) is 36.4 Å². The van der Waals surface area contributed by atoms with Gasteiger partial charge in [-0.3, -0.25) is 0 Å². The van der Waals surface area contributed by atoms with Gasteiger partial charge in [-0.25, -0.2) is 0 Å². The summed E-state index contributed by atoms with van der Waals surface area (Å²) < 4.78 is 32.5. The third-order valence-corrected chi connectivity index (χ3v) is 4.10. The van der Waals surface area contributed by atoms with Gasteiger partial charge in [0.2, 0.25) is 17.8 Å². The van der Waals surface area contributed by atoms with Crippen molar-refractivity contribution in [2.45, 2.75) is 6.29 Å². The van der Waals surface area contributed by atoms with Crippen LogP contribution in [0.25, 0.3) is 6.08 Å². The van der Waals surface area contributed by atoms with Crippen LogP contribution in [-0.2, 0) is 0 Å². The van der Waals surface area contributed by atoms with Gasteiger partial charge < -0.3 is 38.6 Å². The highest BCUT2D eigenvalue weighted by Crippen LogP contribution is 2.43. The quantitative estimate of drug-likeness (QED) is 0.582. The van der Waals surface area contributed by atoms with Gasteiger partial charge in [0.15, 0.2) is 23.0 Å². The Kier molecular flexibility index (Phi) is 7.99. The average molecular weight is 406 g/mol. The maximum Gasteiger partial charge on any atom is 0.224 e. The molecular weight excluding hydrogens is 380 g/mol. The van der Waals surface area contributed by atoms with Crippen LogP contribution >= 0.6 is 0 Å². The molecule has 158 valence electrons. The molecule has 0 spiro atoms. The standard InChI is InChI=1S/C21H26O8/c1-24-15-9-13(7-6-8-22)10-16(25-2)20(15)29-21(23)14-11-17(26-3)19(28-5)18(12-14)27-4/h6-7,9-12,21-23H,8H2,1-5H3/b7-6+/t21-/m1/s1. The van der Waals surface area contributed by atoms with Gasteiger partial charge in [0.05, 0.1) is 42.2 Å². The summed E-state index contributed by atoms with van der Waals surface area (Å²) in [5, 5.41) is 19.7. The second kappa shape index (κ2) is 10.4. The maximum absolute atomic E-state index is 10.7. The Morgan fingerprint density at radius 2 is 1.24 bits per heavy atom. The van der Waals surface area contributed by atoms with Gasteiger partial charge in [-0.05, 0) is 29.8 Å². The largest absolute Gasteiger partial charge is 0.493 e. The second-order valence-electron chi connectivity index (χ2n) is 5.77. The Morgan fingerprint density at radius 1 is 0.759 bits per heavy atom. The van der Waals surface area contributed by atoms with Crippen LogP contribution in [0.1, 0.15) is 17.4 Å². The molecule has 0 aliphatic rings. The van der Waals surface area contributed by atoms with Crippen LogP contribution in [0.2, 0.25) is 0 Å². The number of ether oxygens (including phenoxy) is 6. The first-order chi connectivity index (χ1) is 14.0. The Balaban J connectivity index is 2.44. The van der Waals surface area contributed by atoms with Crippen LogP contribution in [-0.4, -0.2) is 52.4 Å². The van der Waals surface area contributed by atoms with E-state index in [0.717, 1.165) is 5.56 Å². The highest BCUT2D eigenvalue weighted by atomic mass is 16.6. The second-order valence-corrected chi connectivity index (χ2v) is 5.77. The summed E-state index contributed by atoms with van der Waals surface area (Å²) in [6.07, 6.45) is 1.93. The third kappa shape index (κ3) is 5.04. The Hall–Kier alpha value is -3.10. The fourth-order valence-electron chi connectivity index (χ4n) is 2.72. The lowest BCUT2D eigenvalue weighted by Crippen LogP contribution is -2.09. The van der Waals surface area contributed by atoms with Crippen molar-refractivity contribution in [2.75, 3.05) is 42.2 Å². The lowest BCUT2D eigenvalue weighted by Gasteiger charge is -2.21. The third-order valence-electron chi connectivity index (χ3n) is 4.10. The van der Waals surface area contributed by atoms with Gasteiger partial charge >= 0.3 is 0 Å². The Labute approximate surface area is 169 Å². The van der Waals surface area contributed by atoms with Crippen molar-refractivity contribution in [1.29, 1.82) is 0 Å². The van der Waals surface area contributed by atoms with E-state index < -0.39 is 6.29 Å². The molecule has 29 heavy (non-hydrogen) atoms. The SMILES string of the molecule is COc1cc([C@H](O)Oc2c(OC)cc(/C=C/CO)cc2OC)cc(OC)c1OC. The first kappa shape index (κ1) is 22.2. The number of hydrogen-bond donors (Lipinski definition) is 2. The molecule has 0 bridgehead atoms. The summed E-state index contributed by atoms with van der Waals surface area (Å²) in [4.78, 5) is 0. The molecule has 0 aliphatic heterocycles. The normalized spacial score (nSPS) is 11.8. The molecule has 2 aromatic rings. The predicted octanol–water partition coefficient (Wildman–Crippen LogP) is 2.81. The van der Waals surface area contributed by atoms with Gasteiger partial charge in [0, 0.05) is 5.56 Å².